The van der Waals surface area contributed by atoms with Crippen LogP contribution >= 0.6 is 0 Å². The fourth-order valence-electron chi connectivity index (χ4n) is 2.19. The summed E-state index contributed by atoms with van der Waals surface area (Å²) < 4.78 is 16.6. The Bertz CT molecular complexity index is 503. The van der Waals surface area contributed by atoms with Gasteiger partial charge in [0.25, 0.3) is 0 Å². The van der Waals surface area contributed by atoms with Crippen molar-refractivity contribution in [1.29, 1.82) is 0 Å². The third-order valence-corrected chi connectivity index (χ3v) is 3.32. The minimum absolute atomic E-state index is 0.0984. The fraction of sp³-hybridized carbons (Fsp3) is 0.438. The number of hydrogen-bond acceptors (Lipinski definition) is 4. The lowest BCUT2D eigenvalue weighted by Crippen LogP contribution is -2.25. The molecule has 1 atom stereocenters. The summed E-state index contributed by atoms with van der Waals surface area (Å²) in [5.74, 6) is 0.274. The van der Waals surface area contributed by atoms with Crippen molar-refractivity contribution in [3.63, 3.8) is 0 Å². The molecule has 1 N–H and O–H groups in total. The molecular weight excluding hydrogens is 272 g/mol. The number of methoxy groups -OCH3 is 1. The van der Waals surface area contributed by atoms with Gasteiger partial charge in [-0.05, 0) is 37.5 Å². The first kappa shape index (κ1) is 15.4. The second-order valence-corrected chi connectivity index (χ2v) is 4.87. The van der Waals surface area contributed by atoms with E-state index in [0.29, 0.717) is 23.7 Å². The molecule has 1 aromatic carbocycles. The molecule has 0 bridgehead atoms. The van der Waals surface area contributed by atoms with Gasteiger partial charge in [0.05, 0.1) is 13.2 Å². The zero-order chi connectivity index (χ0) is 15.1. The van der Waals surface area contributed by atoms with E-state index < -0.39 is 5.97 Å². The molecule has 1 fully saturated rings. The molecule has 1 aliphatic rings. The highest BCUT2D eigenvalue weighted by Crippen LogP contribution is 2.27. The average Bonchev–Trinajstić information content (AvgIpc) is 2.52. The predicted octanol–water partition coefficient (Wildman–Crippen LogP) is 2.74. The van der Waals surface area contributed by atoms with Gasteiger partial charge >= 0.3 is 5.97 Å². The number of carboxylic acids is 1. The van der Waals surface area contributed by atoms with Crippen LogP contribution in [0, 0.1) is 0 Å². The molecule has 114 valence electrons. The monoisotopic (exact) mass is 292 g/mol. The maximum atomic E-state index is 10.6. The number of carboxylic acid groups (broad SMARTS) is 1. The van der Waals surface area contributed by atoms with Crippen LogP contribution in [-0.4, -0.2) is 37.5 Å². The van der Waals surface area contributed by atoms with E-state index in [1.807, 2.05) is 0 Å². The summed E-state index contributed by atoms with van der Waals surface area (Å²) in [6.07, 6.45) is 5.94. The van der Waals surface area contributed by atoms with Crippen LogP contribution in [0.3, 0.4) is 0 Å². The molecule has 0 spiro atoms. The summed E-state index contributed by atoms with van der Waals surface area (Å²) in [5, 5.41) is 8.73. The average molecular weight is 292 g/mol. The molecule has 1 aliphatic heterocycles. The lowest BCUT2D eigenvalue weighted by molar-refractivity contribution is -0.131. The Morgan fingerprint density at radius 1 is 1.48 bits per heavy atom. The van der Waals surface area contributed by atoms with Gasteiger partial charge in [-0.2, -0.15) is 0 Å². The van der Waals surface area contributed by atoms with Gasteiger partial charge in [-0.15, -0.1) is 0 Å². The first-order valence-corrected chi connectivity index (χ1v) is 7.02. The molecule has 1 saturated heterocycles. The van der Waals surface area contributed by atoms with Gasteiger partial charge < -0.3 is 19.3 Å². The van der Waals surface area contributed by atoms with Crippen LogP contribution in [0.1, 0.15) is 24.8 Å². The molecule has 2 rings (SSSR count). The van der Waals surface area contributed by atoms with E-state index in [-0.39, 0.29) is 6.10 Å². The van der Waals surface area contributed by atoms with E-state index in [9.17, 15) is 4.79 Å². The number of carbonyl (C=O) groups is 1. The Kier molecular flexibility index (Phi) is 5.63. The molecule has 0 aliphatic carbocycles. The van der Waals surface area contributed by atoms with Crippen LogP contribution in [0.4, 0.5) is 0 Å². The second kappa shape index (κ2) is 7.69. The molecular formula is C16H20O5. The number of aliphatic carboxylic acids is 1. The minimum atomic E-state index is -0.993. The van der Waals surface area contributed by atoms with E-state index in [1.165, 1.54) is 6.08 Å². The summed E-state index contributed by atoms with van der Waals surface area (Å²) in [6, 6.07) is 5.30. The Hall–Kier alpha value is -2.01. The van der Waals surface area contributed by atoms with Crippen molar-refractivity contribution in [3.05, 3.63) is 29.8 Å². The molecule has 1 unspecified atom stereocenters. The first-order chi connectivity index (χ1) is 10.2. The maximum Gasteiger partial charge on any atom is 0.328 e. The van der Waals surface area contributed by atoms with Gasteiger partial charge in [-0.25, -0.2) is 4.79 Å². The van der Waals surface area contributed by atoms with E-state index in [2.05, 4.69) is 0 Å². The van der Waals surface area contributed by atoms with Crippen molar-refractivity contribution < 1.29 is 24.1 Å². The summed E-state index contributed by atoms with van der Waals surface area (Å²) in [5.41, 5.74) is 0.703. The topological polar surface area (TPSA) is 65.0 Å². The molecule has 0 amide bonds. The molecule has 1 heterocycles. The van der Waals surface area contributed by atoms with Crippen molar-refractivity contribution >= 4 is 12.0 Å². The summed E-state index contributed by atoms with van der Waals surface area (Å²) in [7, 11) is 1.58. The van der Waals surface area contributed by atoms with Gasteiger partial charge in [0.1, 0.15) is 18.1 Å². The molecule has 1 aromatic rings. The van der Waals surface area contributed by atoms with Gasteiger partial charge in [-0.1, -0.05) is 0 Å². The largest absolute Gasteiger partial charge is 0.497 e. The SMILES string of the molecule is COc1ccc(/C=C/C(=O)O)c(OCC2CCCCO2)c1. The molecule has 0 radical (unpaired) electrons. The van der Waals surface area contributed by atoms with Gasteiger partial charge in [0.2, 0.25) is 0 Å². The highest BCUT2D eigenvalue weighted by Gasteiger charge is 2.15. The summed E-state index contributed by atoms with van der Waals surface area (Å²) in [4.78, 5) is 10.6. The zero-order valence-electron chi connectivity index (χ0n) is 12.1. The van der Waals surface area contributed by atoms with Crippen LogP contribution in [0.15, 0.2) is 24.3 Å². The lowest BCUT2D eigenvalue weighted by atomic mass is 10.1. The standard InChI is InChI=1S/C16H20O5/c1-19-13-7-5-12(6-8-16(17)18)15(10-13)21-11-14-4-2-3-9-20-14/h5-8,10,14H,2-4,9,11H2,1H3,(H,17,18)/b8-6+. The van der Waals surface area contributed by atoms with Gasteiger partial charge in [0, 0.05) is 24.3 Å². The van der Waals surface area contributed by atoms with Crippen molar-refractivity contribution in [2.24, 2.45) is 0 Å². The number of hydrogen-bond donors (Lipinski definition) is 1. The molecule has 21 heavy (non-hydrogen) atoms. The molecule has 0 aromatic heterocycles. The Morgan fingerprint density at radius 3 is 3.00 bits per heavy atom. The molecule has 5 heteroatoms. The van der Waals surface area contributed by atoms with Crippen LogP contribution in [0.25, 0.3) is 6.08 Å². The Morgan fingerprint density at radius 2 is 2.33 bits per heavy atom. The number of benzene rings is 1. The summed E-state index contributed by atoms with van der Waals surface area (Å²) in [6.45, 7) is 1.24. The van der Waals surface area contributed by atoms with Gasteiger partial charge in [-0.3, -0.25) is 0 Å². The number of ether oxygens (including phenoxy) is 3. The van der Waals surface area contributed by atoms with Crippen molar-refractivity contribution in [2.75, 3.05) is 20.3 Å². The van der Waals surface area contributed by atoms with Crippen LogP contribution < -0.4 is 9.47 Å². The van der Waals surface area contributed by atoms with Crippen LogP contribution in [-0.2, 0) is 9.53 Å². The fourth-order valence-corrected chi connectivity index (χ4v) is 2.19. The van der Waals surface area contributed by atoms with E-state index in [0.717, 1.165) is 31.9 Å². The normalized spacial score (nSPS) is 18.6. The maximum absolute atomic E-state index is 10.6. The summed E-state index contributed by atoms with van der Waals surface area (Å²) >= 11 is 0. The van der Waals surface area contributed by atoms with Crippen molar-refractivity contribution in [1.82, 2.24) is 0 Å². The third-order valence-electron chi connectivity index (χ3n) is 3.32. The zero-order valence-corrected chi connectivity index (χ0v) is 12.1. The van der Waals surface area contributed by atoms with E-state index in [1.54, 1.807) is 25.3 Å². The van der Waals surface area contributed by atoms with Crippen LogP contribution in [0.2, 0.25) is 0 Å². The molecule has 0 saturated carbocycles. The highest BCUT2D eigenvalue weighted by atomic mass is 16.5. The quantitative estimate of drug-likeness (QED) is 0.817. The highest BCUT2D eigenvalue weighted by molar-refractivity contribution is 5.86. The Balaban J connectivity index is 2.08. The number of rotatable bonds is 6. The van der Waals surface area contributed by atoms with E-state index >= 15 is 0 Å². The Labute approximate surface area is 124 Å². The second-order valence-electron chi connectivity index (χ2n) is 4.87. The third kappa shape index (κ3) is 4.79. The molecule has 5 nitrogen and oxygen atoms in total. The smallest absolute Gasteiger partial charge is 0.328 e. The minimum Gasteiger partial charge on any atom is -0.497 e. The predicted molar refractivity (Wildman–Crippen MR) is 78.7 cm³/mol. The van der Waals surface area contributed by atoms with Crippen molar-refractivity contribution in [2.45, 2.75) is 25.4 Å². The lowest BCUT2D eigenvalue weighted by Gasteiger charge is -2.23. The van der Waals surface area contributed by atoms with Gasteiger partial charge in [0.15, 0.2) is 0 Å². The van der Waals surface area contributed by atoms with E-state index in [4.69, 9.17) is 19.3 Å². The first-order valence-electron chi connectivity index (χ1n) is 7.02. The van der Waals surface area contributed by atoms with Crippen LogP contribution in [0.5, 0.6) is 11.5 Å². The van der Waals surface area contributed by atoms with Crippen molar-refractivity contribution in [3.8, 4) is 11.5 Å².